The number of benzene rings is 1. The summed E-state index contributed by atoms with van der Waals surface area (Å²) >= 11 is 0. The third-order valence-electron chi connectivity index (χ3n) is 3.61. The highest BCUT2D eigenvalue weighted by Crippen LogP contribution is 2.29. The van der Waals surface area contributed by atoms with Crippen molar-refractivity contribution < 1.29 is 19.1 Å². The SMILES string of the molecule is COC(=O)C1(C(=O)OC)C=CN(CCc2ccccc2)C=C1. The summed E-state index contributed by atoms with van der Waals surface area (Å²) in [5.41, 5.74) is -0.269. The smallest absolute Gasteiger partial charge is 0.331 e. The van der Waals surface area contributed by atoms with Crippen molar-refractivity contribution in [2.75, 3.05) is 20.8 Å². The summed E-state index contributed by atoms with van der Waals surface area (Å²) in [6.45, 7) is 0.745. The molecule has 1 aromatic rings. The molecule has 0 spiro atoms. The van der Waals surface area contributed by atoms with E-state index in [-0.39, 0.29) is 0 Å². The van der Waals surface area contributed by atoms with Crippen LogP contribution >= 0.6 is 0 Å². The van der Waals surface area contributed by atoms with E-state index in [2.05, 4.69) is 12.1 Å². The Kier molecular flexibility index (Phi) is 4.99. The standard InChI is InChI=1S/C17H19NO4/c1-21-15(19)17(16(20)22-2)9-12-18(13-10-17)11-8-14-6-4-3-5-7-14/h3-7,9-10,12-13H,8,11H2,1-2H3. The van der Waals surface area contributed by atoms with Crippen molar-refractivity contribution in [2.24, 2.45) is 5.41 Å². The van der Waals surface area contributed by atoms with Gasteiger partial charge in [-0.3, -0.25) is 9.59 Å². The van der Waals surface area contributed by atoms with Gasteiger partial charge in [0.25, 0.3) is 0 Å². The van der Waals surface area contributed by atoms with Crippen molar-refractivity contribution >= 4 is 11.9 Å². The molecule has 22 heavy (non-hydrogen) atoms. The molecule has 0 saturated heterocycles. The van der Waals surface area contributed by atoms with E-state index < -0.39 is 17.4 Å². The van der Waals surface area contributed by atoms with E-state index in [1.807, 2.05) is 23.1 Å². The zero-order valence-electron chi connectivity index (χ0n) is 12.7. The second-order valence-electron chi connectivity index (χ2n) is 4.96. The van der Waals surface area contributed by atoms with Gasteiger partial charge in [-0.25, -0.2) is 0 Å². The summed E-state index contributed by atoms with van der Waals surface area (Å²) < 4.78 is 9.44. The summed E-state index contributed by atoms with van der Waals surface area (Å²) in [5.74, 6) is -1.32. The fourth-order valence-corrected chi connectivity index (χ4v) is 2.28. The van der Waals surface area contributed by atoms with Gasteiger partial charge in [0.1, 0.15) is 0 Å². The van der Waals surface area contributed by atoms with Gasteiger partial charge in [-0.05, 0) is 24.1 Å². The van der Waals surface area contributed by atoms with Crippen LogP contribution in [0.4, 0.5) is 0 Å². The molecular weight excluding hydrogens is 282 g/mol. The number of ether oxygens (including phenoxy) is 2. The Bertz CT molecular complexity index is 560. The van der Waals surface area contributed by atoms with Crippen LogP contribution in [-0.4, -0.2) is 37.6 Å². The fraction of sp³-hybridized carbons (Fsp3) is 0.294. The van der Waals surface area contributed by atoms with Crippen LogP contribution in [0, 0.1) is 5.41 Å². The van der Waals surface area contributed by atoms with E-state index in [0.29, 0.717) is 0 Å². The third-order valence-corrected chi connectivity index (χ3v) is 3.61. The number of nitrogens with zero attached hydrogens (tertiary/aromatic N) is 1. The number of methoxy groups -OCH3 is 2. The van der Waals surface area contributed by atoms with Gasteiger partial charge in [0.05, 0.1) is 14.2 Å². The lowest BCUT2D eigenvalue weighted by atomic mass is 9.86. The first-order chi connectivity index (χ1) is 10.6. The van der Waals surface area contributed by atoms with Crippen molar-refractivity contribution in [3.63, 3.8) is 0 Å². The van der Waals surface area contributed by atoms with Crippen molar-refractivity contribution in [1.82, 2.24) is 4.90 Å². The van der Waals surface area contributed by atoms with Crippen LogP contribution in [0.2, 0.25) is 0 Å². The van der Waals surface area contributed by atoms with Gasteiger partial charge in [-0.1, -0.05) is 30.3 Å². The maximum atomic E-state index is 11.9. The maximum Gasteiger partial charge on any atom is 0.331 e. The number of carbonyl (C=O) groups excluding carboxylic acids is 2. The first-order valence-electron chi connectivity index (χ1n) is 6.97. The molecule has 0 fully saturated rings. The average Bonchev–Trinajstić information content (AvgIpc) is 2.59. The molecule has 0 amide bonds. The predicted octanol–water partition coefficient (Wildman–Crippen LogP) is 1.90. The Morgan fingerprint density at radius 3 is 2.05 bits per heavy atom. The molecule has 1 aliphatic heterocycles. The Balaban J connectivity index is 2.05. The monoisotopic (exact) mass is 301 g/mol. The van der Waals surface area contributed by atoms with Crippen molar-refractivity contribution in [3.05, 3.63) is 60.4 Å². The van der Waals surface area contributed by atoms with Gasteiger partial charge in [0.15, 0.2) is 0 Å². The van der Waals surface area contributed by atoms with Crippen LogP contribution in [-0.2, 0) is 25.5 Å². The second kappa shape index (κ2) is 6.93. The minimum absolute atomic E-state index is 0.658. The minimum Gasteiger partial charge on any atom is -0.468 e. The summed E-state index contributed by atoms with van der Waals surface area (Å²) in [6.07, 6.45) is 7.29. The van der Waals surface area contributed by atoms with Gasteiger partial charge in [0.2, 0.25) is 5.41 Å². The highest BCUT2D eigenvalue weighted by Gasteiger charge is 2.45. The molecule has 0 saturated carbocycles. The lowest BCUT2D eigenvalue weighted by Gasteiger charge is -2.27. The fourth-order valence-electron chi connectivity index (χ4n) is 2.28. The summed E-state index contributed by atoms with van der Waals surface area (Å²) in [7, 11) is 2.49. The van der Waals surface area contributed by atoms with Crippen LogP contribution in [0.5, 0.6) is 0 Å². The number of rotatable bonds is 5. The summed E-state index contributed by atoms with van der Waals surface area (Å²) in [4.78, 5) is 25.8. The van der Waals surface area contributed by atoms with Crippen molar-refractivity contribution in [2.45, 2.75) is 6.42 Å². The zero-order chi connectivity index (χ0) is 16.0. The molecule has 0 aromatic heterocycles. The average molecular weight is 301 g/mol. The minimum atomic E-state index is -1.49. The highest BCUT2D eigenvalue weighted by atomic mass is 16.5. The van der Waals surface area contributed by atoms with Crippen molar-refractivity contribution in [1.29, 1.82) is 0 Å². The Labute approximate surface area is 129 Å². The normalized spacial score (nSPS) is 15.5. The Hall–Kier alpha value is -2.56. The Morgan fingerprint density at radius 1 is 1.00 bits per heavy atom. The molecule has 1 heterocycles. The molecule has 116 valence electrons. The van der Waals surface area contributed by atoms with E-state index in [4.69, 9.17) is 9.47 Å². The molecule has 2 rings (SSSR count). The van der Waals surface area contributed by atoms with Gasteiger partial charge >= 0.3 is 11.9 Å². The quantitative estimate of drug-likeness (QED) is 0.614. The molecule has 0 atom stereocenters. The van der Waals surface area contributed by atoms with Crippen LogP contribution in [0.1, 0.15) is 5.56 Å². The van der Waals surface area contributed by atoms with Crippen molar-refractivity contribution in [3.8, 4) is 0 Å². The molecule has 1 aromatic carbocycles. The largest absolute Gasteiger partial charge is 0.468 e. The number of hydrogen-bond acceptors (Lipinski definition) is 5. The van der Waals surface area contributed by atoms with Crippen LogP contribution < -0.4 is 0 Å². The third kappa shape index (κ3) is 3.19. The molecule has 1 aliphatic rings. The molecule has 0 aliphatic carbocycles. The first kappa shape index (κ1) is 15.8. The second-order valence-corrected chi connectivity index (χ2v) is 4.96. The number of hydrogen-bond donors (Lipinski definition) is 0. The number of carbonyl (C=O) groups is 2. The molecule has 5 nitrogen and oxygen atoms in total. The van der Waals surface area contributed by atoms with E-state index in [9.17, 15) is 9.59 Å². The van der Waals surface area contributed by atoms with Crippen LogP contribution in [0.3, 0.4) is 0 Å². The van der Waals surface area contributed by atoms with Gasteiger partial charge < -0.3 is 14.4 Å². The predicted molar refractivity (Wildman–Crippen MR) is 81.6 cm³/mol. The van der Waals surface area contributed by atoms with Gasteiger partial charge in [-0.2, -0.15) is 0 Å². The molecule has 5 heteroatoms. The lowest BCUT2D eigenvalue weighted by molar-refractivity contribution is -0.161. The topological polar surface area (TPSA) is 55.8 Å². The van der Waals surface area contributed by atoms with Crippen LogP contribution in [0.25, 0.3) is 0 Å². The van der Waals surface area contributed by atoms with E-state index in [1.165, 1.54) is 31.9 Å². The maximum absolute atomic E-state index is 11.9. The van der Waals surface area contributed by atoms with E-state index >= 15 is 0 Å². The van der Waals surface area contributed by atoms with E-state index in [1.54, 1.807) is 12.4 Å². The molecule has 0 radical (unpaired) electrons. The number of esters is 2. The van der Waals surface area contributed by atoms with Gasteiger partial charge in [-0.15, -0.1) is 0 Å². The van der Waals surface area contributed by atoms with E-state index in [0.717, 1.165) is 13.0 Å². The molecule has 0 bridgehead atoms. The highest BCUT2D eigenvalue weighted by molar-refractivity contribution is 6.04. The first-order valence-corrected chi connectivity index (χ1v) is 6.97. The van der Waals surface area contributed by atoms with Crippen LogP contribution in [0.15, 0.2) is 54.9 Å². The summed E-state index contributed by atoms with van der Waals surface area (Å²) in [5, 5.41) is 0. The molecular formula is C17H19NO4. The molecule has 0 N–H and O–H groups in total. The molecule has 0 unspecified atom stereocenters. The lowest BCUT2D eigenvalue weighted by Crippen LogP contribution is -2.40. The summed E-state index contributed by atoms with van der Waals surface area (Å²) in [6, 6.07) is 10.1. The van der Waals surface area contributed by atoms with Gasteiger partial charge in [0, 0.05) is 18.9 Å². The zero-order valence-corrected chi connectivity index (χ0v) is 12.7. The Morgan fingerprint density at radius 2 is 1.55 bits per heavy atom.